The second-order valence-corrected chi connectivity index (χ2v) is 7.46. The number of hydrogen-bond acceptors (Lipinski definition) is 3. The Morgan fingerprint density at radius 1 is 1.19 bits per heavy atom. The first-order valence-corrected chi connectivity index (χ1v) is 9.18. The van der Waals surface area contributed by atoms with E-state index in [9.17, 15) is 9.59 Å². The van der Waals surface area contributed by atoms with Gasteiger partial charge in [-0.2, -0.15) is 0 Å². The van der Waals surface area contributed by atoms with Crippen molar-refractivity contribution in [3.05, 3.63) is 54.1 Å². The van der Waals surface area contributed by atoms with Gasteiger partial charge in [0, 0.05) is 39.4 Å². The fraction of sp³-hybridized carbons (Fsp3) is 0.450. The molecular formula is C20H24N4O2. The SMILES string of the molecule is Cn1cnc(C(=O)N2CCC3(CCN(CCc4ccccc4)C3=O)C2)c1. The van der Waals surface area contributed by atoms with Crippen molar-refractivity contribution >= 4 is 11.8 Å². The van der Waals surface area contributed by atoms with E-state index in [0.29, 0.717) is 18.8 Å². The van der Waals surface area contributed by atoms with Crippen LogP contribution < -0.4 is 0 Å². The molecule has 1 aromatic heterocycles. The minimum absolute atomic E-state index is 0.0713. The lowest BCUT2D eigenvalue weighted by Gasteiger charge is -2.23. The summed E-state index contributed by atoms with van der Waals surface area (Å²) in [6.07, 6.45) is 5.83. The van der Waals surface area contributed by atoms with E-state index in [1.807, 2.05) is 30.1 Å². The summed E-state index contributed by atoms with van der Waals surface area (Å²) in [5.74, 6) is 0.141. The van der Waals surface area contributed by atoms with Gasteiger partial charge in [0.25, 0.3) is 5.91 Å². The molecule has 1 spiro atoms. The largest absolute Gasteiger partial charge is 0.342 e. The van der Waals surface area contributed by atoms with Crippen LogP contribution in [0.15, 0.2) is 42.9 Å². The molecule has 0 saturated carbocycles. The number of hydrogen-bond donors (Lipinski definition) is 0. The quantitative estimate of drug-likeness (QED) is 0.842. The molecule has 3 heterocycles. The van der Waals surface area contributed by atoms with Gasteiger partial charge in [0.05, 0.1) is 11.7 Å². The predicted molar refractivity (Wildman–Crippen MR) is 97.5 cm³/mol. The van der Waals surface area contributed by atoms with Crippen LogP contribution in [0.1, 0.15) is 28.9 Å². The lowest BCUT2D eigenvalue weighted by molar-refractivity contribution is -0.135. The van der Waals surface area contributed by atoms with Gasteiger partial charge in [-0.05, 0) is 24.8 Å². The van der Waals surface area contributed by atoms with Crippen LogP contribution in [0.4, 0.5) is 0 Å². The van der Waals surface area contributed by atoms with Gasteiger partial charge >= 0.3 is 0 Å². The molecule has 6 nitrogen and oxygen atoms in total. The fourth-order valence-corrected chi connectivity index (χ4v) is 4.12. The number of imidazole rings is 1. The number of aryl methyl sites for hydroxylation is 1. The van der Waals surface area contributed by atoms with Gasteiger partial charge in [0.15, 0.2) is 0 Å². The van der Waals surface area contributed by atoms with Crippen LogP contribution in [0.5, 0.6) is 0 Å². The molecule has 0 radical (unpaired) electrons. The molecule has 1 atom stereocenters. The van der Waals surface area contributed by atoms with Gasteiger partial charge in [-0.15, -0.1) is 0 Å². The maximum Gasteiger partial charge on any atom is 0.274 e. The van der Waals surface area contributed by atoms with Crippen molar-refractivity contribution in [2.45, 2.75) is 19.3 Å². The van der Waals surface area contributed by atoms with Crippen molar-refractivity contribution in [3.8, 4) is 0 Å². The highest BCUT2D eigenvalue weighted by Crippen LogP contribution is 2.41. The number of carbonyl (C=O) groups excluding carboxylic acids is 2. The molecule has 6 heteroatoms. The van der Waals surface area contributed by atoms with E-state index in [0.717, 1.165) is 32.4 Å². The number of benzene rings is 1. The summed E-state index contributed by atoms with van der Waals surface area (Å²) in [4.78, 5) is 33.6. The van der Waals surface area contributed by atoms with Gasteiger partial charge in [0.1, 0.15) is 5.69 Å². The maximum absolute atomic E-state index is 13.0. The normalized spacial score (nSPS) is 22.6. The summed E-state index contributed by atoms with van der Waals surface area (Å²) in [5, 5.41) is 0. The molecule has 2 amide bonds. The first kappa shape index (κ1) is 16.8. The number of rotatable bonds is 4. The summed E-state index contributed by atoms with van der Waals surface area (Å²) >= 11 is 0. The number of aromatic nitrogens is 2. The van der Waals surface area contributed by atoms with Crippen LogP contribution in [0, 0.1) is 5.41 Å². The molecule has 26 heavy (non-hydrogen) atoms. The van der Waals surface area contributed by atoms with Crippen molar-refractivity contribution in [2.75, 3.05) is 26.2 Å². The van der Waals surface area contributed by atoms with Gasteiger partial charge in [0.2, 0.25) is 5.91 Å². The molecule has 1 aromatic carbocycles. The van der Waals surface area contributed by atoms with E-state index in [4.69, 9.17) is 0 Å². The molecule has 2 fully saturated rings. The van der Waals surface area contributed by atoms with Crippen molar-refractivity contribution < 1.29 is 9.59 Å². The Morgan fingerprint density at radius 2 is 1.96 bits per heavy atom. The molecule has 2 aliphatic rings. The summed E-state index contributed by atoms with van der Waals surface area (Å²) in [6.45, 7) is 2.69. The summed E-state index contributed by atoms with van der Waals surface area (Å²) in [7, 11) is 1.85. The molecule has 136 valence electrons. The van der Waals surface area contributed by atoms with Crippen molar-refractivity contribution in [3.63, 3.8) is 0 Å². The lowest BCUT2D eigenvalue weighted by Crippen LogP contribution is -2.39. The highest BCUT2D eigenvalue weighted by Gasteiger charge is 2.51. The van der Waals surface area contributed by atoms with Crippen LogP contribution in [0.25, 0.3) is 0 Å². The average Bonchev–Trinajstić information content (AvgIpc) is 3.36. The maximum atomic E-state index is 13.0. The lowest BCUT2D eigenvalue weighted by atomic mass is 9.85. The standard InChI is InChI=1S/C20H24N4O2/c1-22-13-17(21-15-22)18(25)24-12-9-20(14-24)8-11-23(19(20)26)10-7-16-5-3-2-4-6-16/h2-6,13,15H,7-12,14H2,1H3. The topological polar surface area (TPSA) is 58.4 Å². The van der Waals surface area contributed by atoms with Gasteiger partial charge in [-0.1, -0.05) is 30.3 Å². The van der Waals surface area contributed by atoms with Crippen LogP contribution in [-0.4, -0.2) is 57.3 Å². The molecule has 0 bridgehead atoms. The third-order valence-electron chi connectivity index (χ3n) is 5.68. The minimum Gasteiger partial charge on any atom is -0.342 e. The van der Waals surface area contributed by atoms with Crippen LogP contribution in [0.3, 0.4) is 0 Å². The smallest absolute Gasteiger partial charge is 0.274 e. The number of carbonyl (C=O) groups is 2. The second-order valence-electron chi connectivity index (χ2n) is 7.46. The fourth-order valence-electron chi connectivity index (χ4n) is 4.12. The van der Waals surface area contributed by atoms with Crippen molar-refractivity contribution in [2.24, 2.45) is 12.5 Å². The Kier molecular flexibility index (Phi) is 4.26. The Hall–Kier alpha value is -2.63. The molecule has 1 unspecified atom stereocenters. The first-order chi connectivity index (χ1) is 12.6. The van der Waals surface area contributed by atoms with Gasteiger partial charge < -0.3 is 14.4 Å². The summed E-state index contributed by atoms with van der Waals surface area (Å²) < 4.78 is 1.77. The Balaban J connectivity index is 1.39. The van der Waals surface area contributed by atoms with E-state index in [-0.39, 0.29) is 17.2 Å². The Bertz CT molecular complexity index is 816. The Labute approximate surface area is 153 Å². The van der Waals surface area contributed by atoms with E-state index < -0.39 is 0 Å². The van der Waals surface area contributed by atoms with Crippen LogP contribution in [-0.2, 0) is 18.3 Å². The number of amides is 2. The third kappa shape index (κ3) is 3.00. The zero-order chi connectivity index (χ0) is 18.1. The summed E-state index contributed by atoms with van der Waals surface area (Å²) in [6, 6.07) is 10.3. The third-order valence-corrected chi connectivity index (χ3v) is 5.68. The van der Waals surface area contributed by atoms with Crippen LogP contribution in [0.2, 0.25) is 0 Å². The molecule has 2 aromatic rings. The molecule has 4 rings (SSSR count). The molecule has 2 aliphatic heterocycles. The molecule has 2 saturated heterocycles. The average molecular weight is 352 g/mol. The first-order valence-electron chi connectivity index (χ1n) is 9.18. The zero-order valence-corrected chi connectivity index (χ0v) is 15.1. The van der Waals surface area contributed by atoms with E-state index >= 15 is 0 Å². The second kappa shape index (κ2) is 6.59. The van der Waals surface area contributed by atoms with E-state index in [2.05, 4.69) is 17.1 Å². The highest BCUT2D eigenvalue weighted by atomic mass is 16.2. The molecule has 0 aliphatic carbocycles. The van der Waals surface area contributed by atoms with Gasteiger partial charge in [-0.3, -0.25) is 9.59 Å². The van der Waals surface area contributed by atoms with Gasteiger partial charge in [-0.25, -0.2) is 4.98 Å². The minimum atomic E-state index is -0.388. The van der Waals surface area contributed by atoms with Crippen molar-refractivity contribution in [1.82, 2.24) is 19.4 Å². The predicted octanol–water partition coefficient (Wildman–Crippen LogP) is 1.73. The highest BCUT2D eigenvalue weighted by molar-refractivity contribution is 5.94. The monoisotopic (exact) mass is 352 g/mol. The zero-order valence-electron chi connectivity index (χ0n) is 15.1. The number of likely N-dealkylation sites (tertiary alicyclic amines) is 2. The molecule has 0 N–H and O–H groups in total. The van der Waals surface area contributed by atoms with Crippen molar-refractivity contribution in [1.29, 1.82) is 0 Å². The number of nitrogens with zero attached hydrogens (tertiary/aromatic N) is 4. The molecular weight excluding hydrogens is 328 g/mol. The van der Waals surface area contributed by atoms with E-state index in [1.54, 1.807) is 22.0 Å². The Morgan fingerprint density at radius 3 is 2.69 bits per heavy atom. The van der Waals surface area contributed by atoms with E-state index in [1.165, 1.54) is 5.56 Å². The summed E-state index contributed by atoms with van der Waals surface area (Å²) in [5.41, 5.74) is 1.32. The van der Waals surface area contributed by atoms with Crippen LogP contribution >= 0.6 is 0 Å².